The lowest BCUT2D eigenvalue weighted by Gasteiger charge is -2.26. The topological polar surface area (TPSA) is 115 Å². The lowest BCUT2D eigenvalue weighted by atomic mass is 9.94. The molecular formula is C13H17N5O2S. The number of primary amides is 1. The smallest absolute Gasteiger partial charge is 0.233 e. The number of nitrogens with zero attached hydrogens (tertiary/aromatic N) is 4. The van der Waals surface area contributed by atoms with Crippen molar-refractivity contribution in [2.24, 2.45) is 11.7 Å². The number of carbonyl (C=O) groups is 1. The number of aromatic nitrogens is 3. The number of hydrogen-bond donors (Lipinski definition) is 1. The number of amides is 1. The van der Waals surface area contributed by atoms with Gasteiger partial charge in [-0.1, -0.05) is 5.21 Å². The van der Waals surface area contributed by atoms with E-state index >= 15 is 0 Å². The molecule has 1 saturated carbocycles. The number of carbonyl (C=O) groups excluding carboxylic acids is 1. The molecule has 1 aromatic heterocycles. The third kappa shape index (κ3) is 2.70. The highest BCUT2D eigenvalue weighted by Crippen LogP contribution is 2.42. The van der Waals surface area contributed by atoms with Gasteiger partial charge in [0.05, 0.1) is 18.0 Å². The van der Waals surface area contributed by atoms with Crippen LogP contribution in [0.2, 0.25) is 0 Å². The fourth-order valence-corrected chi connectivity index (χ4v) is 4.39. The van der Waals surface area contributed by atoms with Crippen molar-refractivity contribution in [3.05, 3.63) is 11.9 Å². The van der Waals surface area contributed by atoms with Crippen LogP contribution >= 0.6 is 0 Å². The van der Waals surface area contributed by atoms with Crippen molar-refractivity contribution in [2.75, 3.05) is 5.75 Å². The van der Waals surface area contributed by atoms with Crippen LogP contribution in [0.3, 0.4) is 0 Å². The van der Waals surface area contributed by atoms with Gasteiger partial charge in [-0.3, -0.25) is 9.00 Å². The number of rotatable bonds is 4. The first kappa shape index (κ1) is 14.2. The Balaban J connectivity index is 1.66. The normalized spacial score (nSPS) is 30.5. The summed E-state index contributed by atoms with van der Waals surface area (Å²) in [7, 11) is -1.15. The average Bonchev–Trinajstić information content (AvgIpc) is 3.13. The Morgan fingerprint density at radius 2 is 2.38 bits per heavy atom. The van der Waals surface area contributed by atoms with E-state index < -0.39 is 27.5 Å². The molecular weight excluding hydrogens is 290 g/mol. The predicted octanol–water partition coefficient (Wildman–Crippen LogP) is -0.154. The SMILES string of the molecule is N#CC1(n2cc(CC3CCS(=O)[C@H](C(N)=O)C3)nn2)CC1. The number of hydrogen-bond acceptors (Lipinski definition) is 5. The van der Waals surface area contributed by atoms with Gasteiger partial charge in [0.25, 0.3) is 0 Å². The second-order valence-corrected chi connectivity index (χ2v) is 7.61. The molecule has 112 valence electrons. The van der Waals surface area contributed by atoms with Crippen molar-refractivity contribution in [1.29, 1.82) is 5.26 Å². The predicted molar refractivity (Wildman–Crippen MR) is 75.3 cm³/mol. The van der Waals surface area contributed by atoms with Crippen LogP contribution in [0, 0.1) is 17.2 Å². The summed E-state index contributed by atoms with van der Waals surface area (Å²) in [4.78, 5) is 11.3. The molecule has 1 aliphatic heterocycles. The molecule has 0 spiro atoms. The molecule has 7 nitrogen and oxygen atoms in total. The van der Waals surface area contributed by atoms with Gasteiger partial charge in [-0.25, -0.2) is 4.68 Å². The quantitative estimate of drug-likeness (QED) is 0.830. The molecule has 1 aromatic rings. The van der Waals surface area contributed by atoms with Crippen LogP contribution in [0.15, 0.2) is 6.20 Å². The minimum absolute atomic E-state index is 0.239. The molecule has 0 radical (unpaired) electrons. The number of nitriles is 1. The fourth-order valence-electron chi connectivity index (χ4n) is 2.79. The lowest BCUT2D eigenvalue weighted by molar-refractivity contribution is -0.117. The van der Waals surface area contributed by atoms with Gasteiger partial charge in [-0.2, -0.15) is 5.26 Å². The Kier molecular flexibility index (Phi) is 3.53. The van der Waals surface area contributed by atoms with E-state index in [0.29, 0.717) is 18.6 Å². The molecule has 2 heterocycles. The molecule has 1 amide bonds. The van der Waals surface area contributed by atoms with Crippen LogP contribution in [0.5, 0.6) is 0 Å². The van der Waals surface area contributed by atoms with Crippen molar-refractivity contribution in [3.63, 3.8) is 0 Å². The van der Waals surface area contributed by atoms with E-state index in [2.05, 4.69) is 16.4 Å². The molecule has 1 saturated heterocycles. The maximum absolute atomic E-state index is 11.8. The first-order valence-electron chi connectivity index (χ1n) is 7.03. The summed E-state index contributed by atoms with van der Waals surface area (Å²) >= 11 is 0. The van der Waals surface area contributed by atoms with Crippen molar-refractivity contribution >= 4 is 16.7 Å². The van der Waals surface area contributed by atoms with E-state index in [0.717, 1.165) is 25.0 Å². The molecule has 0 bridgehead atoms. The zero-order chi connectivity index (χ0) is 15.0. The van der Waals surface area contributed by atoms with Gasteiger partial charge in [0.2, 0.25) is 5.91 Å². The first-order chi connectivity index (χ1) is 10.0. The Morgan fingerprint density at radius 3 is 3.00 bits per heavy atom. The largest absolute Gasteiger partial charge is 0.369 e. The minimum Gasteiger partial charge on any atom is -0.369 e. The zero-order valence-corrected chi connectivity index (χ0v) is 12.4. The highest BCUT2D eigenvalue weighted by molar-refractivity contribution is 7.86. The summed E-state index contributed by atoms with van der Waals surface area (Å²) < 4.78 is 13.4. The standard InChI is InChI=1S/C13H17N5O2S/c14-8-13(2-3-13)18-7-10(16-17-18)5-9-1-4-21(20)11(6-9)12(15)19/h7,9,11H,1-6H2,(H2,15,19)/t9?,11-,21?/m0/s1. The van der Waals surface area contributed by atoms with Crippen molar-refractivity contribution < 1.29 is 9.00 Å². The zero-order valence-electron chi connectivity index (χ0n) is 11.6. The summed E-state index contributed by atoms with van der Waals surface area (Å²) in [5.41, 5.74) is 5.63. The Labute approximate surface area is 124 Å². The summed E-state index contributed by atoms with van der Waals surface area (Å²) in [5, 5.41) is 16.8. The van der Waals surface area contributed by atoms with Crippen molar-refractivity contribution in [1.82, 2.24) is 15.0 Å². The van der Waals surface area contributed by atoms with Gasteiger partial charge in [0.1, 0.15) is 5.25 Å². The summed E-state index contributed by atoms with van der Waals surface area (Å²) in [6, 6.07) is 2.27. The minimum atomic E-state index is -1.15. The highest BCUT2D eigenvalue weighted by Gasteiger charge is 2.46. The van der Waals surface area contributed by atoms with Gasteiger partial charge in [0, 0.05) is 16.6 Å². The molecule has 2 unspecified atom stereocenters. The van der Waals surface area contributed by atoms with Crippen molar-refractivity contribution in [3.8, 4) is 6.07 Å². The number of nitrogens with two attached hydrogens (primary N) is 1. The molecule has 0 aromatic carbocycles. The third-order valence-electron chi connectivity index (χ3n) is 4.32. The Morgan fingerprint density at radius 1 is 1.62 bits per heavy atom. The summed E-state index contributed by atoms with van der Waals surface area (Å²) in [5.74, 6) is 0.264. The maximum Gasteiger partial charge on any atom is 0.233 e. The Hall–Kier alpha value is -1.75. The van der Waals surface area contributed by atoms with E-state index in [-0.39, 0.29) is 5.92 Å². The van der Waals surface area contributed by atoms with Gasteiger partial charge in [-0.05, 0) is 38.0 Å². The molecule has 8 heteroatoms. The second kappa shape index (κ2) is 5.22. The molecule has 3 atom stereocenters. The van der Waals surface area contributed by atoms with Crippen LogP contribution in [0.25, 0.3) is 0 Å². The van der Waals surface area contributed by atoms with Crippen LogP contribution < -0.4 is 5.73 Å². The molecule has 1 aliphatic carbocycles. The van der Waals surface area contributed by atoms with E-state index in [1.165, 1.54) is 0 Å². The molecule has 2 N–H and O–H groups in total. The van der Waals surface area contributed by atoms with Crippen molar-refractivity contribution in [2.45, 2.75) is 42.9 Å². The van der Waals surface area contributed by atoms with E-state index in [1.54, 1.807) is 4.68 Å². The van der Waals surface area contributed by atoms with E-state index in [9.17, 15) is 9.00 Å². The second-order valence-electron chi connectivity index (χ2n) is 5.87. The van der Waals surface area contributed by atoms with Gasteiger partial charge in [0.15, 0.2) is 5.54 Å². The average molecular weight is 307 g/mol. The van der Waals surface area contributed by atoms with Crippen LogP contribution in [0.4, 0.5) is 0 Å². The molecule has 3 rings (SSSR count). The molecule has 2 fully saturated rings. The lowest BCUT2D eigenvalue weighted by Crippen LogP contribution is -2.39. The summed E-state index contributed by atoms with van der Waals surface area (Å²) in [6.45, 7) is 0. The van der Waals surface area contributed by atoms with E-state index in [4.69, 9.17) is 11.0 Å². The fraction of sp³-hybridized carbons (Fsp3) is 0.692. The van der Waals surface area contributed by atoms with Gasteiger partial charge < -0.3 is 5.73 Å². The highest BCUT2D eigenvalue weighted by atomic mass is 32.2. The third-order valence-corrected chi connectivity index (χ3v) is 6.02. The van der Waals surface area contributed by atoms with Gasteiger partial charge in [-0.15, -0.1) is 5.10 Å². The Bertz CT molecular complexity index is 631. The first-order valence-corrected chi connectivity index (χ1v) is 8.42. The van der Waals surface area contributed by atoms with E-state index in [1.807, 2.05) is 6.20 Å². The summed E-state index contributed by atoms with van der Waals surface area (Å²) in [6.07, 6.45) is 5.48. The monoisotopic (exact) mass is 307 g/mol. The van der Waals surface area contributed by atoms with Crippen LogP contribution in [-0.2, 0) is 27.6 Å². The van der Waals surface area contributed by atoms with Crippen LogP contribution in [0.1, 0.15) is 31.4 Å². The maximum atomic E-state index is 11.8. The molecule has 21 heavy (non-hydrogen) atoms. The molecule has 2 aliphatic rings. The van der Waals surface area contributed by atoms with Crippen LogP contribution in [-0.4, -0.2) is 36.1 Å². The van der Waals surface area contributed by atoms with Gasteiger partial charge >= 0.3 is 0 Å².